The molecule has 0 amide bonds. The minimum absolute atomic E-state index is 0.766. The molecule has 1 aliphatic heterocycles. The second-order valence-electron chi connectivity index (χ2n) is 4.60. The van der Waals surface area contributed by atoms with E-state index in [0.29, 0.717) is 0 Å². The first kappa shape index (κ1) is 11.9. The minimum atomic E-state index is 0.766. The van der Waals surface area contributed by atoms with Gasteiger partial charge in [-0.3, -0.25) is 0 Å². The standard InChI is InChI=1S/C16H18N2O/c1-2-6-14(7-3-1)17-10-11-18-12-13-19-16-9-5-4-8-15(16)18/h1-9,17H,10-13H2. The van der Waals surface area contributed by atoms with Gasteiger partial charge >= 0.3 is 0 Å². The van der Waals surface area contributed by atoms with Gasteiger partial charge in [-0.2, -0.15) is 0 Å². The van der Waals surface area contributed by atoms with Crippen molar-refractivity contribution in [3.63, 3.8) is 0 Å². The lowest BCUT2D eigenvalue weighted by Gasteiger charge is -2.31. The zero-order valence-electron chi connectivity index (χ0n) is 10.9. The maximum absolute atomic E-state index is 5.66. The monoisotopic (exact) mass is 254 g/mol. The Labute approximate surface area is 113 Å². The summed E-state index contributed by atoms with van der Waals surface area (Å²) in [6.45, 7) is 3.63. The molecule has 3 heteroatoms. The third-order valence-corrected chi connectivity index (χ3v) is 3.31. The van der Waals surface area contributed by atoms with Crippen LogP contribution < -0.4 is 15.0 Å². The largest absolute Gasteiger partial charge is 0.490 e. The summed E-state index contributed by atoms with van der Waals surface area (Å²) in [4.78, 5) is 2.37. The molecule has 98 valence electrons. The first-order valence-electron chi connectivity index (χ1n) is 6.69. The summed E-state index contributed by atoms with van der Waals surface area (Å²) < 4.78 is 5.66. The van der Waals surface area contributed by atoms with Crippen molar-refractivity contribution in [2.75, 3.05) is 36.5 Å². The Morgan fingerprint density at radius 2 is 1.79 bits per heavy atom. The molecule has 0 saturated heterocycles. The first-order valence-corrected chi connectivity index (χ1v) is 6.69. The minimum Gasteiger partial charge on any atom is -0.490 e. The summed E-state index contributed by atoms with van der Waals surface area (Å²) in [5.41, 5.74) is 2.37. The van der Waals surface area contributed by atoms with Crippen LogP contribution in [0.1, 0.15) is 0 Å². The maximum atomic E-state index is 5.66. The van der Waals surface area contributed by atoms with E-state index < -0.39 is 0 Å². The predicted molar refractivity (Wildman–Crippen MR) is 79.1 cm³/mol. The van der Waals surface area contributed by atoms with Crippen molar-refractivity contribution in [3.8, 4) is 5.75 Å². The van der Waals surface area contributed by atoms with Gasteiger partial charge in [0, 0.05) is 18.8 Å². The van der Waals surface area contributed by atoms with Gasteiger partial charge in [-0.25, -0.2) is 0 Å². The second-order valence-corrected chi connectivity index (χ2v) is 4.60. The van der Waals surface area contributed by atoms with Crippen molar-refractivity contribution in [2.24, 2.45) is 0 Å². The number of hydrogen-bond acceptors (Lipinski definition) is 3. The number of hydrogen-bond donors (Lipinski definition) is 1. The third-order valence-electron chi connectivity index (χ3n) is 3.31. The van der Waals surface area contributed by atoms with Crippen molar-refractivity contribution < 1.29 is 4.74 Å². The number of anilines is 2. The topological polar surface area (TPSA) is 24.5 Å². The van der Waals surface area contributed by atoms with Gasteiger partial charge in [-0.1, -0.05) is 30.3 Å². The molecule has 0 aromatic heterocycles. The Bertz CT molecular complexity index is 527. The number of fused-ring (bicyclic) bond motifs is 1. The molecular formula is C16H18N2O. The van der Waals surface area contributed by atoms with Gasteiger partial charge in [0.1, 0.15) is 12.4 Å². The molecular weight excluding hydrogens is 236 g/mol. The Hall–Kier alpha value is -2.16. The van der Waals surface area contributed by atoms with E-state index >= 15 is 0 Å². The predicted octanol–water partition coefficient (Wildman–Crippen LogP) is 3.00. The molecule has 0 unspecified atom stereocenters. The van der Waals surface area contributed by atoms with Crippen LogP contribution in [0.3, 0.4) is 0 Å². The summed E-state index contributed by atoms with van der Waals surface area (Å²) in [6.07, 6.45) is 0. The van der Waals surface area contributed by atoms with Crippen LogP contribution in [0.5, 0.6) is 5.75 Å². The van der Waals surface area contributed by atoms with Crippen molar-refractivity contribution in [3.05, 3.63) is 54.6 Å². The average Bonchev–Trinajstić information content (AvgIpc) is 2.49. The van der Waals surface area contributed by atoms with E-state index in [2.05, 4.69) is 34.5 Å². The lowest BCUT2D eigenvalue weighted by Crippen LogP contribution is -2.36. The maximum Gasteiger partial charge on any atom is 0.142 e. The van der Waals surface area contributed by atoms with Gasteiger partial charge in [0.15, 0.2) is 0 Å². The fourth-order valence-corrected chi connectivity index (χ4v) is 2.35. The molecule has 1 aliphatic rings. The fraction of sp³-hybridized carbons (Fsp3) is 0.250. The number of ether oxygens (including phenoxy) is 1. The van der Waals surface area contributed by atoms with Gasteiger partial charge < -0.3 is 15.0 Å². The van der Waals surface area contributed by atoms with E-state index in [0.717, 1.165) is 32.0 Å². The molecule has 0 atom stereocenters. The van der Waals surface area contributed by atoms with E-state index in [4.69, 9.17) is 4.74 Å². The Kier molecular flexibility index (Phi) is 3.54. The molecule has 2 aromatic carbocycles. The molecule has 2 aromatic rings. The lowest BCUT2D eigenvalue weighted by molar-refractivity contribution is 0.308. The summed E-state index contributed by atoms with van der Waals surface area (Å²) in [7, 11) is 0. The van der Waals surface area contributed by atoms with Crippen molar-refractivity contribution in [1.29, 1.82) is 0 Å². The molecule has 3 nitrogen and oxygen atoms in total. The summed E-state index contributed by atoms with van der Waals surface area (Å²) in [5.74, 6) is 0.994. The summed E-state index contributed by atoms with van der Waals surface area (Å²) in [6, 6.07) is 18.5. The zero-order valence-corrected chi connectivity index (χ0v) is 10.9. The molecule has 0 bridgehead atoms. The van der Waals surface area contributed by atoms with Gasteiger partial charge in [0.2, 0.25) is 0 Å². The molecule has 0 fully saturated rings. The van der Waals surface area contributed by atoms with E-state index in [9.17, 15) is 0 Å². The average molecular weight is 254 g/mol. The quantitative estimate of drug-likeness (QED) is 0.907. The second kappa shape index (κ2) is 5.65. The van der Waals surface area contributed by atoms with E-state index in [1.165, 1.54) is 11.4 Å². The highest BCUT2D eigenvalue weighted by atomic mass is 16.5. The molecule has 1 N–H and O–H groups in total. The van der Waals surface area contributed by atoms with Gasteiger partial charge in [-0.05, 0) is 24.3 Å². The van der Waals surface area contributed by atoms with Gasteiger partial charge in [0.05, 0.1) is 12.2 Å². The fourth-order valence-electron chi connectivity index (χ4n) is 2.35. The molecule has 3 rings (SSSR count). The molecule has 19 heavy (non-hydrogen) atoms. The van der Waals surface area contributed by atoms with Crippen LogP contribution in [0.15, 0.2) is 54.6 Å². The highest BCUT2D eigenvalue weighted by molar-refractivity contribution is 5.59. The number of nitrogens with one attached hydrogen (secondary N) is 1. The molecule has 1 heterocycles. The highest BCUT2D eigenvalue weighted by Crippen LogP contribution is 2.30. The van der Waals surface area contributed by atoms with Gasteiger partial charge in [-0.15, -0.1) is 0 Å². The van der Waals surface area contributed by atoms with Gasteiger partial charge in [0.25, 0.3) is 0 Å². The SMILES string of the molecule is c1ccc(NCCN2CCOc3ccccc32)cc1. The smallest absolute Gasteiger partial charge is 0.142 e. The van der Waals surface area contributed by atoms with Crippen LogP contribution in [0, 0.1) is 0 Å². The summed E-state index contributed by atoms with van der Waals surface area (Å²) >= 11 is 0. The number of nitrogens with zero attached hydrogens (tertiary/aromatic N) is 1. The number of benzene rings is 2. The number of rotatable bonds is 4. The van der Waals surface area contributed by atoms with Crippen LogP contribution in [0.4, 0.5) is 11.4 Å². The molecule has 0 saturated carbocycles. The van der Waals surface area contributed by atoms with Crippen LogP contribution in [0.2, 0.25) is 0 Å². The Morgan fingerprint density at radius 1 is 1.00 bits per heavy atom. The Balaban J connectivity index is 1.59. The van der Waals surface area contributed by atoms with E-state index in [1.807, 2.05) is 30.3 Å². The van der Waals surface area contributed by atoms with Crippen LogP contribution in [0.25, 0.3) is 0 Å². The van der Waals surface area contributed by atoms with Crippen molar-refractivity contribution in [1.82, 2.24) is 0 Å². The van der Waals surface area contributed by atoms with Crippen LogP contribution in [-0.4, -0.2) is 26.2 Å². The van der Waals surface area contributed by atoms with Crippen LogP contribution in [-0.2, 0) is 0 Å². The third kappa shape index (κ3) is 2.81. The lowest BCUT2D eigenvalue weighted by atomic mass is 10.2. The Morgan fingerprint density at radius 3 is 2.68 bits per heavy atom. The highest BCUT2D eigenvalue weighted by Gasteiger charge is 2.16. The van der Waals surface area contributed by atoms with E-state index in [1.54, 1.807) is 0 Å². The van der Waals surface area contributed by atoms with Crippen LogP contribution >= 0.6 is 0 Å². The molecule has 0 aliphatic carbocycles. The zero-order chi connectivity index (χ0) is 12.9. The van der Waals surface area contributed by atoms with E-state index in [-0.39, 0.29) is 0 Å². The van der Waals surface area contributed by atoms with Crippen molar-refractivity contribution >= 4 is 11.4 Å². The first-order chi connectivity index (χ1) is 9.43. The number of para-hydroxylation sites is 3. The molecule has 0 spiro atoms. The summed E-state index contributed by atoms with van der Waals surface area (Å²) in [5, 5.41) is 3.44. The normalized spacial score (nSPS) is 13.6. The van der Waals surface area contributed by atoms with Crippen molar-refractivity contribution in [2.45, 2.75) is 0 Å². The molecule has 0 radical (unpaired) electrons.